The molecule has 0 aromatic carbocycles. The number of carbonyl (C=O) groups is 1. The Hall–Kier alpha value is -0.610. The quantitative estimate of drug-likeness (QED) is 0.639. The molecule has 114 valence electrons. The summed E-state index contributed by atoms with van der Waals surface area (Å²) in [5, 5.41) is 3.09. The van der Waals surface area contributed by atoms with Crippen LogP contribution in [0.3, 0.4) is 0 Å². The molecule has 1 amide bonds. The minimum atomic E-state index is -0.423. The topological polar surface area (TPSA) is 58.4 Å². The minimum Gasteiger partial charge on any atom is -0.353 e. The van der Waals surface area contributed by atoms with Crippen molar-refractivity contribution >= 4 is 5.91 Å². The van der Waals surface area contributed by atoms with Crippen LogP contribution in [0.15, 0.2) is 0 Å². The lowest BCUT2D eigenvalue weighted by molar-refractivity contribution is -0.130. The van der Waals surface area contributed by atoms with Gasteiger partial charge in [-0.25, -0.2) is 0 Å². The van der Waals surface area contributed by atoms with Crippen LogP contribution >= 0.6 is 0 Å². The standard InChI is InChI=1S/C15H33N3O/c1-6-15(5,12-16)14(19)17-13(4)10-9-11-18(7-2)8-3/h13H,6-12,16H2,1-5H3,(H,17,19). The van der Waals surface area contributed by atoms with Crippen LogP contribution in [0.25, 0.3) is 0 Å². The van der Waals surface area contributed by atoms with Gasteiger partial charge in [0.15, 0.2) is 0 Å². The molecule has 0 aliphatic heterocycles. The second-order valence-corrected chi connectivity index (χ2v) is 5.66. The molecular formula is C15H33N3O. The van der Waals surface area contributed by atoms with E-state index in [0.717, 1.165) is 38.9 Å². The number of rotatable bonds is 10. The zero-order valence-electron chi connectivity index (χ0n) is 13.5. The molecule has 0 aromatic rings. The van der Waals surface area contributed by atoms with Crippen LogP contribution in [0, 0.1) is 5.41 Å². The van der Waals surface area contributed by atoms with E-state index in [1.54, 1.807) is 0 Å². The van der Waals surface area contributed by atoms with Crippen molar-refractivity contribution in [2.45, 2.75) is 59.9 Å². The first kappa shape index (κ1) is 18.4. The summed E-state index contributed by atoms with van der Waals surface area (Å²) in [6.07, 6.45) is 2.92. The van der Waals surface area contributed by atoms with Crippen LogP contribution in [-0.4, -0.2) is 43.0 Å². The van der Waals surface area contributed by atoms with Crippen molar-refractivity contribution in [3.05, 3.63) is 0 Å². The molecule has 2 atom stereocenters. The van der Waals surface area contributed by atoms with E-state index in [2.05, 4.69) is 31.0 Å². The number of nitrogens with zero attached hydrogens (tertiary/aromatic N) is 1. The van der Waals surface area contributed by atoms with Gasteiger partial charge in [0.1, 0.15) is 0 Å². The maximum atomic E-state index is 12.1. The second-order valence-electron chi connectivity index (χ2n) is 5.66. The van der Waals surface area contributed by atoms with Crippen LogP contribution < -0.4 is 11.1 Å². The second kappa shape index (κ2) is 9.32. The molecule has 4 heteroatoms. The highest BCUT2D eigenvalue weighted by Gasteiger charge is 2.30. The molecule has 0 radical (unpaired) electrons. The van der Waals surface area contributed by atoms with E-state index in [9.17, 15) is 4.79 Å². The average molecular weight is 271 g/mol. The molecular weight excluding hydrogens is 238 g/mol. The smallest absolute Gasteiger partial charge is 0.227 e. The molecule has 0 aromatic heterocycles. The van der Waals surface area contributed by atoms with Gasteiger partial charge in [0.2, 0.25) is 5.91 Å². The van der Waals surface area contributed by atoms with Gasteiger partial charge in [-0.2, -0.15) is 0 Å². The van der Waals surface area contributed by atoms with Gasteiger partial charge in [-0.3, -0.25) is 4.79 Å². The van der Waals surface area contributed by atoms with Gasteiger partial charge in [-0.1, -0.05) is 20.8 Å². The van der Waals surface area contributed by atoms with Crippen LogP contribution in [0.2, 0.25) is 0 Å². The summed E-state index contributed by atoms with van der Waals surface area (Å²) in [5.41, 5.74) is 5.28. The summed E-state index contributed by atoms with van der Waals surface area (Å²) >= 11 is 0. The minimum absolute atomic E-state index is 0.0906. The fourth-order valence-corrected chi connectivity index (χ4v) is 2.03. The Balaban J connectivity index is 4.04. The third-order valence-corrected chi connectivity index (χ3v) is 4.16. The predicted molar refractivity (Wildman–Crippen MR) is 82.1 cm³/mol. The lowest BCUT2D eigenvalue weighted by atomic mass is 9.86. The Morgan fingerprint density at radius 3 is 2.32 bits per heavy atom. The third-order valence-electron chi connectivity index (χ3n) is 4.16. The molecule has 0 fully saturated rings. The SMILES string of the molecule is CCN(CC)CCCC(C)NC(=O)C(C)(CC)CN. The number of hydrogen-bond donors (Lipinski definition) is 2. The van der Waals surface area contributed by atoms with E-state index in [-0.39, 0.29) is 11.9 Å². The molecule has 3 N–H and O–H groups in total. The highest BCUT2D eigenvalue weighted by molar-refractivity contribution is 5.82. The molecule has 2 unspecified atom stereocenters. The summed E-state index contributed by atoms with van der Waals surface area (Å²) in [4.78, 5) is 14.6. The number of carbonyl (C=O) groups excluding carboxylic acids is 1. The number of nitrogens with one attached hydrogen (secondary N) is 1. The maximum Gasteiger partial charge on any atom is 0.227 e. The van der Waals surface area contributed by atoms with Gasteiger partial charge in [0, 0.05) is 12.6 Å². The molecule has 0 heterocycles. The van der Waals surface area contributed by atoms with E-state index in [1.807, 2.05) is 13.8 Å². The Kier molecular flexibility index (Phi) is 9.02. The summed E-state index contributed by atoms with van der Waals surface area (Å²) in [7, 11) is 0. The fraction of sp³-hybridized carbons (Fsp3) is 0.933. The molecule has 0 rings (SSSR count). The monoisotopic (exact) mass is 271 g/mol. The first-order valence-electron chi connectivity index (χ1n) is 7.66. The zero-order valence-corrected chi connectivity index (χ0v) is 13.5. The molecule has 0 saturated heterocycles. The Morgan fingerprint density at radius 2 is 1.89 bits per heavy atom. The molecule has 0 saturated carbocycles. The van der Waals surface area contributed by atoms with Gasteiger partial charge in [0.05, 0.1) is 5.41 Å². The van der Waals surface area contributed by atoms with Crippen molar-refractivity contribution in [1.29, 1.82) is 0 Å². The summed E-state index contributed by atoms with van der Waals surface area (Å²) in [5.74, 6) is 0.0906. The molecule has 0 bridgehead atoms. The lowest BCUT2D eigenvalue weighted by Crippen LogP contribution is -2.46. The predicted octanol–water partition coefficient (Wildman–Crippen LogP) is 1.99. The van der Waals surface area contributed by atoms with Crippen molar-refractivity contribution in [2.24, 2.45) is 11.1 Å². The van der Waals surface area contributed by atoms with Crippen molar-refractivity contribution in [3.63, 3.8) is 0 Å². The highest BCUT2D eigenvalue weighted by atomic mass is 16.2. The highest BCUT2D eigenvalue weighted by Crippen LogP contribution is 2.19. The summed E-state index contributed by atoms with van der Waals surface area (Å²) in [6, 6.07) is 0.223. The number of nitrogens with two attached hydrogens (primary N) is 1. The van der Waals surface area contributed by atoms with Crippen molar-refractivity contribution in [2.75, 3.05) is 26.2 Å². The van der Waals surface area contributed by atoms with Gasteiger partial charge in [-0.15, -0.1) is 0 Å². The van der Waals surface area contributed by atoms with Crippen molar-refractivity contribution in [3.8, 4) is 0 Å². The normalized spacial score (nSPS) is 16.2. The molecule has 19 heavy (non-hydrogen) atoms. The Bertz CT molecular complexity index is 248. The molecule has 0 spiro atoms. The van der Waals surface area contributed by atoms with E-state index in [1.165, 1.54) is 0 Å². The zero-order chi connectivity index (χ0) is 14.9. The van der Waals surface area contributed by atoms with E-state index in [0.29, 0.717) is 6.54 Å². The maximum absolute atomic E-state index is 12.1. The molecule has 4 nitrogen and oxygen atoms in total. The molecule has 0 aliphatic rings. The Morgan fingerprint density at radius 1 is 1.32 bits per heavy atom. The Labute approximate surface area is 119 Å². The van der Waals surface area contributed by atoms with Crippen LogP contribution in [0.4, 0.5) is 0 Å². The average Bonchev–Trinajstić information content (AvgIpc) is 2.42. The largest absolute Gasteiger partial charge is 0.353 e. The summed E-state index contributed by atoms with van der Waals surface area (Å²) < 4.78 is 0. The van der Waals surface area contributed by atoms with E-state index >= 15 is 0 Å². The fourth-order valence-electron chi connectivity index (χ4n) is 2.03. The number of hydrogen-bond acceptors (Lipinski definition) is 3. The van der Waals surface area contributed by atoms with Gasteiger partial charge in [-0.05, 0) is 52.7 Å². The van der Waals surface area contributed by atoms with Crippen LogP contribution in [0.5, 0.6) is 0 Å². The summed E-state index contributed by atoms with van der Waals surface area (Å²) in [6.45, 7) is 14.1. The first-order chi connectivity index (χ1) is 8.93. The van der Waals surface area contributed by atoms with Crippen molar-refractivity contribution < 1.29 is 4.79 Å². The van der Waals surface area contributed by atoms with Gasteiger partial charge >= 0.3 is 0 Å². The first-order valence-corrected chi connectivity index (χ1v) is 7.66. The third kappa shape index (κ3) is 6.39. The van der Waals surface area contributed by atoms with E-state index in [4.69, 9.17) is 5.73 Å². The van der Waals surface area contributed by atoms with Crippen LogP contribution in [-0.2, 0) is 4.79 Å². The lowest BCUT2D eigenvalue weighted by Gasteiger charge is -2.27. The number of amides is 1. The van der Waals surface area contributed by atoms with E-state index < -0.39 is 5.41 Å². The molecule has 0 aliphatic carbocycles. The van der Waals surface area contributed by atoms with Gasteiger partial charge in [0.25, 0.3) is 0 Å². The van der Waals surface area contributed by atoms with Crippen LogP contribution in [0.1, 0.15) is 53.9 Å². The van der Waals surface area contributed by atoms with Gasteiger partial charge < -0.3 is 16.0 Å². The van der Waals surface area contributed by atoms with Crippen molar-refractivity contribution in [1.82, 2.24) is 10.2 Å².